The zero-order chi connectivity index (χ0) is 18.7. The maximum absolute atomic E-state index is 13.2. The van der Waals surface area contributed by atoms with Gasteiger partial charge >= 0.3 is 5.76 Å². The molecular formula is C18H16F2N2O4. The highest BCUT2D eigenvalue weighted by Crippen LogP contribution is 2.16. The molecule has 3 aromatic rings. The third-order valence-electron chi connectivity index (χ3n) is 3.96. The Balaban J connectivity index is 1.56. The van der Waals surface area contributed by atoms with Gasteiger partial charge in [0, 0.05) is 19.5 Å². The zero-order valence-corrected chi connectivity index (χ0v) is 13.6. The molecule has 0 fully saturated rings. The third kappa shape index (κ3) is 3.80. The van der Waals surface area contributed by atoms with Gasteiger partial charge in [-0.05, 0) is 29.8 Å². The Morgan fingerprint density at radius 2 is 1.96 bits per heavy atom. The second-order valence-electron chi connectivity index (χ2n) is 5.73. The Labute approximate surface area is 146 Å². The van der Waals surface area contributed by atoms with Gasteiger partial charge in [0.15, 0.2) is 17.2 Å². The number of rotatable bonds is 6. The van der Waals surface area contributed by atoms with E-state index in [1.54, 1.807) is 24.3 Å². The molecule has 2 N–H and O–H groups in total. The highest BCUT2D eigenvalue weighted by molar-refractivity contribution is 5.76. The van der Waals surface area contributed by atoms with Crippen LogP contribution in [0.2, 0.25) is 0 Å². The topological polar surface area (TPSA) is 84.5 Å². The van der Waals surface area contributed by atoms with Gasteiger partial charge in [-0.15, -0.1) is 0 Å². The van der Waals surface area contributed by atoms with Gasteiger partial charge in [-0.2, -0.15) is 0 Å². The second-order valence-corrected chi connectivity index (χ2v) is 5.73. The van der Waals surface area contributed by atoms with Crippen LogP contribution in [0.1, 0.15) is 18.1 Å². The van der Waals surface area contributed by atoms with Gasteiger partial charge in [-0.25, -0.2) is 13.6 Å². The Hall–Kier alpha value is -3.00. The highest BCUT2D eigenvalue weighted by atomic mass is 19.2. The molecule has 0 radical (unpaired) electrons. The smallest absolute Gasteiger partial charge is 0.408 e. The first kappa shape index (κ1) is 17.8. The molecule has 8 heteroatoms. The van der Waals surface area contributed by atoms with E-state index >= 15 is 0 Å². The molecule has 0 aliphatic rings. The Kier molecular flexibility index (Phi) is 5.13. The number of aliphatic hydroxyl groups excluding tert-OH is 1. The van der Waals surface area contributed by atoms with Crippen LogP contribution >= 0.6 is 0 Å². The third-order valence-corrected chi connectivity index (χ3v) is 3.96. The number of carbonyl (C=O) groups excluding carboxylic acids is 1. The number of fused-ring (bicyclic) bond motifs is 1. The minimum absolute atomic E-state index is 0.00602. The van der Waals surface area contributed by atoms with Gasteiger partial charge in [0.2, 0.25) is 5.91 Å². The van der Waals surface area contributed by atoms with Crippen molar-refractivity contribution in [1.82, 2.24) is 9.88 Å². The fourth-order valence-corrected chi connectivity index (χ4v) is 2.58. The summed E-state index contributed by atoms with van der Waals surface area (Å²) >= 11 is 0. The maximum atomic E-state index is 13.2. The van der Waals surface area contributed by atoms with Crippen LogP contribution < -0.4 is 11.1 Å². The summed E-state index contributed by atoms with van der Waals surface area (Å²) in [6.45, 7) is -0.0477. The Morgan fingerprint density at radius 1 is 1.19 bits per heavy atom. The number of oxazole rings is 1. The van der Waals surface area contributed by atoms with Crippen molar-refractivity contribution in [2.24, 2.45) is 0 Å². The predicted molar refractivity (Wildman–Crippen MR) is 89.4 cm³/mol. The van der Waals surface area contributed by atoms with Crippen LogP contribution in [0.15, 0.2) is 51.7 Å². The number of halogens is 2. The van der Waals surface area contributed by atoms with Crippen LogP contribution in [-0.2, 0) is 11.3 Å². The largest absolute Gasteiger partial charge is 0.419 e. The highest BCUT2D eigenvalue weighted by Gasteiger charge is 2.14. The number of hydrogen-bond donors (Lipinski definition) is 2. The average molecular weight is 362 g/mol. The van der Waals surface area contributed by atoms with Crippen LogP contribution in [0.5, 0.6) is 0 Å². The van der Waals surface area contributed by atoms with Crippen molar-refractivity contribution >= 4 is 17.0 Å². The minimum Gasteiger partial charge on any atom is -0.408 e. The van der Waals surface area contributed by atoms with Gasteiger partial charge < -0.3 is 14.8 Å². The first-order chi connectivity index (χ1) is 12.5. The summed E-state index contributed by atoms with van der Waals surface area (Å²) in [6, 6.07) is 9.90. The number of hydrogen-bond acceptors (Lipinski definition) is 4. The van der Waals surface area contributed by atoms with E-state index in [9.17, 15) is 23.5 Å². The van der Waals surface area contributed by atoms with Crippen molar-refractivity contribution in [3.05, 3.63) is 70.2 Å². The van der Waals surface area contributed by atoms with Crippen molar-refractivity contribution in [2.45, 2.75) is 19.1 Å². The summed E-state index contributed by atoms with van der Waals surface area (Å²) in [6.07, 6.45) is -1.18. The van der Waals surface area contributed by atoms with E-state index in [1.165, 1.54) is 10.6 Å². The predicted octanol–water partition coefficient (Wildman–Crippen LogP) is 2.11. The second kappa shape index (κ2) is 7.49. The summed E-state index contributed by atoms with van der Waals surface area (Å²) in [7, 11) is 0. The first-order valence-electron chi connectivity index (χ1n) is 7.94. The number of nitrogens with one attached hydrogen (secondary N) is 1. The van der Waals surface area contributed by atoms with E-state index in [0.717, 1.165) is 12.1 Å². The fraction of sp³-hybridized carbons (Fsp3) is 0.222. The van der Waals surface area contributed by atoms with E-state index in [4.69, 9.17) is 4.42 Å². The van der Waals surface area contributed by atoms with Crippen molar-refractivity contribution in [3.8, 4) is 0 Å². The van der Waals surface area contributed by atoms with Gasteiger partial charge in [0.05, 0.1) is 11.6 Å². The molecule has 0 spiro atoms. The summed E-state index contributed by atoms with van der Waals surface area (Å²) in [5, 5.41) is 12.4. The molecule has 0 aliphatic carbocycles. The number of aryl methyl sites for hydroxylation is 1. The molecule has 136 valence electrons. The molecular weight excluding hydrogens is 346 g/mol. The Bertz CT molecular complexity index is 996. The number of para-hydroxylation sites is 2. The zero-order valence-electron chi connectivity index (χ0n) is 13.6. The van der Waals surface area contributed by atoms with Gasteiger partial charge in [-0.3, -0.25) is 9.36 Å². The Morgan fingerprint density at radius 3 is 2.73 bits per heavy atom. The molecule has 0 saturated heterocycles. The molecule has 0 unspecified atom stereocenters. The van der Waals surface area contributed by atoms with Crippen molar-refractivity contribution in [3.63, 3.8) is 0 Å². The molecule has 1 heterocycles. The van der Waals surface area contributed by atoms with Gasteiger partial charge in [-0.1, -0.05) is 18.2 Å². The molecule has 6 nitrogen and oxygen atoms in total. The van der Waals surface area contributed by atoms with E-state index in [-0.39, 0.29) is 25.1 Å². The van der Waals surface area contributed by atoms with Crippen molar-refractivity contribution in [2.75, 3.05) is 6.54 Å². The molecule has 26 heavy (non-hydrogen) atoms. The van der Waals surface area contributed by atoms with E-state index in [1.807, 2.05) is 0 Å². The van der Waals surface area contributed by atoms with Crippen molar-refractivity contribution in [1.29, 1.82) is 0 Å². The molecule has 1 amide bonds. The van der Waals surface area contributed by atoms with Crippen LogP contribution in [0.3, 0.4) is 0 Å². The maximum Gasteiger partial charge on any atom is 0.419 e. The number of nitrogens with zero attached hydrogens (tertiary/aromatic N) is 1. The average Bonchev–Trinajstić information content (AvgIpc) is 2.95. The van der Waals surface area contributed by atoms with Crippen molar-refractivity contribution < 1.29 is 23.1 Å². The molecule has 0 saturated carbocycles. The monoisotopic (exact) mass is 362 g/mol. The summed E-state index contributed by atoms with van der Waals surface area (Å²) in [5.41, 5.74) is 1.18. The lowest BCUT2D eigenvalue weighted by Gasteiger charge is -2.12. The minimum atomic E-state index is -1.17. The number of aromatic nitrogens is 1. The van der Waals surface area contributed by atoms with Gasteiger partial charge in [0.1, 0.15) is 0 Å². The lowest BCUT2D eigenvalue weighted by Crippen LogP contribution is -2.30. The normalized spacial score (nSPS) is 12.3. The van der Waals surface area contributed by atoms with Crippen LogP contribution in [0.4, 0.5) is 8.78 Å². The molecule has 0 aliphatic heterocycles. The summed E-state index contributed by atoms with van der Waals surface area (Å²) in [5.74, 6) is -3.04. The summed E-state index contributed by atoms with van der Waals surface area (Å²) < 4.78 is 32.5. The molecule has 0 bridgehead atoms. The number of aliphatic hydroxyl groups is 1. The van der Waals surface area contributed by atoms with E-state index in [0.29, 0.717) is 11.1 Å². The fourth-order valence-electron chi connectivity index (χ4n) is 2.58. The van der Waals surface area contributed by atoms with Crippen LogP contribution in [-0.4, -0.2) is 22.1 Å². The number of carbonyl (C=O) groups is 1. The van der Waals surface area contributed by atoms with E-state index < -0.39 is 29.4 Å². The van der Waals surface area contributed by atoms with Gasteiger partial charge in [0.25, 0.3) is 0 Å². The number of amides is 1. The lowest BCUT2D eigenvalue weighted by molar-refractivity contribution is -0.121. The quantitative estimate of drug-likeness (QED) is 0.703. The van der Waals surface area contributed by atoms with E-state index in [2.05, 4.69) is 5.32 Å². The first-order valence-corrected chi connectivity index (χ1v) is 7.94. The molecule has 1 aromatic heterocycles. The van der Waals surface area contributed by atoms with Crippen LogP contribution in [0.25, 0.3) is 11.1 Å². The van der Waals surface area contributed by atoms with Crippen LogP contribution in [0, 0.1) is 11.6 Å². The lowest BCUT2D eigenvalue weighted by atomic mass is 10.1. The molecule has 1 atom stereocenters. The number of benzene rings is 2. The molecule has 3 rings (SSSR count). The molecule has 2 aromatic carbocycles. The SMILES string of the molecule is O=C(CCn1c(=O)oc2ccccc21)NC[C@@H](O)c1ccc(F)c(F)c1. The standard InChI is InChI=1S/C18H16F2N2O4/c19-12-6-5-11(9-13(12)20)15(23)10-21-17(24)7-8-22-14-3-1-2-4-16(14)26-18(22)25/h1-6,9,15,23H,7-8,10H2,(H,21,24)/t15-/m1/s1. The summed E-state index contributed by atoms with van der Waals surface area (Å²) in [4.78, 5) is 23.8.